The first kappa shape index (κ1) is 16.2. The van der Waals surface area contributed by atoms with E-state index in [4.69, 9.17) is 5.26 Å². The number of carbonyl (C=O) groups is 1. The number of aromatic nitrogens is 1. The molecule has 0 bridgehead atoms. The highest BCUT2D eigenvalue weighted by Crippen LogP contribution is 2.16. The molecule has 1 amide bonds. The second kappa shape index (κ2) is 7.23. The lowest BCUT2D eigenvalue weighted by Crippen LogP contribution is -2.38. The predicted molar refractivity (Wildman–Crippen MR) is 83.2 cm³/mol. The normalized spacial score (nSPS) is 19.0. The Bertz CT molecular complexity index is 568. The average Bonchev–Trinajstić information content (AvgIpc) is 2.68. The summed E-state index contributed by atoms with van der Waals surface area (Å²) in [6, 6.07) is 5.44. The van der Waals surface area contributed by atoms with E-state index in [1.165, 1.54) is 0 Å². The zero-order valence-electron chi connectivity index (χ0n) is 13.1. The van der Waals surface area contributed by atoms with Gasteiger partial charge in [0.2, 0.25) is 5.91 Å². The summed E-state index contributed by atoms with van der Waals surface area (Å²) < 4.78 is 0. The Labute approximate surface area is 131 Å². The minimum Gasteiger partial charge on any atom is -0.389 e. The monoisotopic (exact) mass is 302 g/mol. The highest BCUT2D eigenvalue weighted by atomic mass is 16.3. The lowest BCUT2D eigenvalue weighted by molar-refractivity contribution is -0.132. The maximum absolute atomic E-state index is 12.2. The van der Waals surface area contributed by atoms with Gasteiger partial charge in [0.15, 0.2) is 0 Å². The number of hydrogen-bond donors (Lipinski definition) is 1. The van der Waals surface area contributed by atoms with E-state index in [-0.39, 0.29) is 5.91 Å². The lowest BCUT2D eigenvalue weighted by Gasteiger charge is -2.23. The molecule has 6 nitrogen and oxygen atoms in total. The van der Waals surface area contributed by atoms with Crippen LogP contribution < -0.4 is 4.90 Å². The fourth-order valence-electron chi connectivity index (χ4n) is 2.56. The van der Waals surface area contributed by atoms with Gasteiger partial charge in [-0.2, -0.15) is 5.26 Å². The highest BCUT2D eigenvalue weighted by molar-refractivity contribution is 5.76. The predicted octanol–water partition coefficient (Wildman–Crippen LogP) is 1.01. The third-order valence-electron chi connectivity index (χ3n) is 3.64. The third-order valence-corrected chi connectivity index (χ3v) is 3.64. The number of aliphatic hydroxyl groups is 1. The molecular formula is C16H22N4O2. The van der Waals surface area contributed by atoms with Crippen LogP contribution in [0.15, 0.2) is 18.3 Å². The summed E-state index contributed by atoms with van der Waals surface area (Å²) in [5.41, 5.74) is 0.538. The number of β-amino-alcohol motifs (C(OH)–C–C–N with tert-alkyl or cyclic N) is 1. The van der Waals surface area contributed by atoms with Crippen LogP contribution in [0.2, 0.25) is 0 Å². The molecule has 1 atom stereocenters. The van der Waals surface area contributed by atoms with Crippen LogP contribution in [-0.4, -0.2) is 53.2 Å². The molecule has 0 aromatic carbocycles. The average molecular weight is 302 g/mol. The van der Waals surface area contributed by atoms with Gasteiger partial charge in [0.05, 0.1) is 17.7 Å². The number of aliphatic hydroxyl groups excluding tert-OH is 1. The minimum atomic E-state index is -0.619. The summed E-state index contributed by atoms with van der Waals surface area (Å²) in [6.45, 7) is 5.93. The first-order valence-electron chi connectivity index (χ1n) is 7.56. The number of nitrogens with zero attached hydrogens (tertiary/aromatic N) is 4. The third kappa shape index (κ3) is 4.18. The van der Waals surface area contributed by atoms with Crippen LogP contribution in [0.4, 0.5) is 5.82 Å². The van der Waals surface area contributed by atoms with Crippen LogP contribution >= 0.6 is 0 Å². The van der Waals surface area contributed by atoms with Gasteiger partial charge in [-0.3, -0.25) is 4.79 Å². The zero-order valence-corrected chi connectivity index (χ0v) is 13.1. The molecule has 0 spiro atoms. The number of nitriles is 1. The molecule has 1 aromatic heterocycles. The summed E-state index contributed by atoms with van der Waals surface area (Å²) in [5, 5.41) is 19.1. The highest BCUT2D eigenvalue weighted by Gasteiger charge is 2.25. The first-order chi connectivity index (χ1) is 10.5. The minimum absolute atomic E-state index is 0.0784. The smallest absolute Gasteiger partial charge is 0.222 e. The van der Waals surface area contributed by atoms with Gasteiger partial charge < -0.3 is 14.9 Å². The number of pyridine rings is 1. The second-order valence-corrected chi connectivity index (χ2v) is 6.05. The summed E-state index contributed by atoms with van der Waals surface area (Å²) >= 11 is 0. The molecule has 6 heteroatoms. The Hall–Kier alpha value is -2.13. The molecule has 2 rings (SSSR count). The van der Waals surface area contributed by atoms with Crippen LogP contribution in [0.25, 0.3) is 0 Å². The first-order valence-corrected chi connectivity index (χ1v) is 7.56. The van der Waals surface area contributed by atoms with Crippen LogP contribution in [0.1, 0.15) is 25.8 Å². The van der Waals surface area contributed by atoms with Gasteiger partial charge in [0.25, 0.3) is 0 Å². The van der Waals surface area contributed by atoms with E-state index in [1.807, 2.05) is 18.7 Å². The molecule has 0 saturated carbocycles. The molecule has 1 unspecified atom stereocenters. The van der Waals surface area contributed by atoms with Gasteiger partial charge in [-0.15, -0.1) is 0 Å². The van der Waals surface area contributed by atoms with Crippen LogP contribution in [0.5, 0.6) is 0 Å². The molecule has 118 valence electrons. The molecule has 1 aliphatic heterocycles. The second-order valence-electron chi connectivity index (χ2n) is 6.05. The van der Waals surface area contributed by atoms with Crippen molar-refractivity contribution in [2.75, 3.05) is 31.1 Å². The van der Waals surface area contributed by atoms with Gasteiger partial charge >= 0.3 is 0 Å². The SMILES string of the molecule is CC(C)CC(=O)N1CCN(c2cc(C#N)ccn2)CC(O)C1. The quantitative estimate of drug-likeness (QED) is 0.901. The van der Waals surface area contributed by atoms with E-state index in [0.717, 1.165) is 0 Å². The molecule has 0 aliphatic carbocycles. The summed E-state index contributed by atoms with van der Waals surface area (Å²) in [5.74, 6) is 1.05. The molecule has 1 saturated heterocycles. The van der Waals surface area contributed by atoms with Gasteiger partial charge in [-0.25, -0.2) is 4.98 Å². The number of carbonyl (C=O) groups excluding carboxylic acids is 1. The molecule has 1 N–H and O–H groups in total. The van der Waals surface area contributed by atoms with Gasteiger partial charge in [0.1, 0.15) is 5.82 Å². The standard InChI is InChI=1S/C16H22N4O2/c1-12(2)7-16(22)20-6-5-19(10-14(21)11-20)15-8-13(9-17)3-4-18-15/h3-4,8,12,14,21H,5-7,10-11H2,1-2H3. The van der Waals surface area contributed by atoms with E-state index in [9.17, 15) is 9.90 Å². The molecule has 0 radical (unpaired) electrons. The van der Waals surface area contributed by atoms with Crippen molar-refractivity contribution < 1.29 is 9.90 Å². The van der Waals surface area contributed by atoms with Crippen LogP contribution in [0, 0.1) is 17.2 Å². The summed E-state index contributed by atoms with van der Waals surface area (Å²) in [4.78, 5) is 20.1. The van der Waals surface area contributed by atoms with Crippen LogP contribution in [0.3, 0.4) is 0 Å². The number of rotatable bonds is 3. The van der Waals surface area contributed by atoms with E-state index in [2.05, 4.69) is 11.1 Å². The Kier molecular flexibility index (Phi) is 5.34. The molecule has 1 aliphatic rings. The molecule has 22 heavy (non-hydrogen) atoms. The Morgan fingerprint density at radius 2 is 2.27 bits per heavy atom. The molecular weight excluding hydrogens is 280 g/mol. The number of anilines is 1. The van der Waals surface area contributed by atoms with E-state index in [1.54, 1.807) is 23.2 Å². The van der Waals surface area contributed by atoms with E-state index in [0.29, 0.717) is 49.9 Å². The van der Waals surface area contributed by atoms with Gasteiger partial charge in [-0.1, -0.05) is 13.8 Å². The Balaban J connectivity index is 2.08. The molecule has 1 aromatic rings. The van der Waals surface area contributed by atoms with Gasteiger partial charge in [-0.05, 0) is 18.1 Å². The number of hydrogen-bond acceptors (Lipinski definition) is 5. The maximum Gasteiger partial charge on any atom is 0.222 e. The van der Waals surface area contributed by atoms with Crippen molar-refractivity contribution in [2.45, 2.75) is 26.4 Å². The van der Waals surface area contributed by atoms with E-state index >= 15 is 0 Å². The van der Waals surface area contributed by atoms with Crippen molar-refractivity contribution >= 4 is 11.7 Å². The van der Waals surface area contributed by atoms with Crippen molar-refractivity contribution in [1.29, 1.82) is 5.26 Å². The van der Waals surface area contributed by atoms with Crippen molar-refractivity contribution in [2.24, 2.45) is 5.92 Å². The summed E-state index contributed by atoms with van der Waals surface area (Å²) in [7, 11) is 0. The lowest BCUT2D eigenvalue weighted by atomic mass is 10.1. The Morgan fingerprint density at radius 3 is 2.95 bits per heavy atom. The summed E-state index contributed by atoms with van der Waals surface area (Å²) in [6.07, 6.45) is 1.47. The van der Waals surface area contributed by atoms with Crippen molar-refractivity contribution in [3.8, 4) is 6.07 Å². The van der Waals surface area contributed by atoms with Crippen molar-refractivity contribution in [1.82, 2.24) is 9.88 Å². The molecule has 2 heterocycles. The topological polar surface area (TPSA) is 80.5 Å². The Morgan fingerprint density at radius 1 is 1.50 bits per heavy atom. The molecule has 1 fully saturated rings. The van der Waals surface area contributed by atoms with Gasteiger partial charge in [0, 0.05) is 38.8 Å². The van der Waals surface area contributed by atoms with Crippen molar-refractivity contribution in [3.05, 3.63) is 23.9 Å². The fourth-order valence-corrected chi connectivity index (χ4v) is 2.56. The number of amides is 1. The fraction of sp³-hybridized carbons (Fsp3) is 0.562. The van der Waals surface area contributed by atoms with E-state index < -0.39 is 6.10 Å². The maximum atomic E-state index is 12.2. The van der Waals surface area contributed by atoms with Crippen molar-refractivity contribution in [3.63, 3.8) is 0 Å². The largest absolute Gasteiger partial charge is 0.389 e. The van der Waals surface area contributed by atoms with Crippen LogP contribution in [-0.2, 0) is 4.79 Å². The zero-order chi connectivity index (χ0) is 16.1.